The summed E-state index contributed by atoms with van der Waals surface area (Å²) >= 11 is 0. The summed E-state index contributed by atoms with van der Waals surface area (Å²) < 4.78 is 5.49. The summed E-state index contributed by atoms with van der Waals surface area (Å²) in [5.74, 6) is 0.401. The molecule has 0 aromatic heterocycles. The molecular formula is C22H26N2O2. The minimum Gasteiger partial charge on any atom is -0.484 e. The van der Waals surface area contributed by atoms with Gasteiger partial charge in [-0.1, -0.05) is 61.9 Å². The largest absolute Gasteiger partial charge is 0.484 e. The minimum atomic E-state index is -0.285. The molecule has 0 saturated carbocycles. The number of benzene rings is 2. The maximum atomic E-state index is 11.8. The lowest BCUT2D eigenvalue weighted by Gasteiger charge is -2.06. The van der Waals surface area contributed by atoms with Crippen LogP contribution in [0.4, 0.5) is 0 Å². The molecular weight excluding hydrogens is 324 g/mol. The van der Waals surface area contributed by atoms with Crippen LogP contribution >= 0.6 is 0 Å². The molecule has 0 aliphatic heterocycles. The summed E-state index contributed by atoms with van der Waals surface area (Å²) in [7, 11) is 0. The normalized spacial score (nSPS) is 11.5. The zero-order valence-electron chi connectivity index (χ0n) is 15.4. The minimum absolute atomic E-state index is 0.0620. The van der Waals surface area contributed by atoms with Crippen LogP contribution in [0.2, 0.25) is 0 Å². The number of carbonyl (C=O) groups excluding carboxylic acids is 1. The summed E-state index contributed by atoms with van der Waals surface area (Å²) in [4.78, 5) is 11.8. The van der Waals surface area contributed by atoms with Gasteiger partial charge in [-0.05, 0) is 49.1 Å². The lowest BCUT2D eigenvalue weighted by atomic mass is 10.1. The van der Waals surface area contributed by atoms with Crippen LogP contribution in [0.1, 0.15) is 37.8 Å². The van der Waals surface area contributed by atoms with Crippen LogP contribution in [0.25, 0.3) is 6.08 Å². The molecule has 0 radical (unpaired) electrons. The highest BCUT2D eigenvalue weighted by Gasteiger charge is 2.02. The highest BCUT2D eigenvalue weighted by molar-refractivity contribution is 5.97. The number of nitrogens with zero attached hydrogens (tertiary/aromatic N) is 1. The average Bonchev–Trinajstić information content (AvgIpc) is 2.69. The van der Waals surface area contributed by atoms with Crippen molar-refractivity contribution in [3.8, 4) is 5.75 Å². The Balaban J connectivity index is 1.75. The fourth-order valence-electron chi connectivity index (χ4n) is 2.28. The van der Waals surface area contributed by atoms with Crippen LogP contribution in [-0.4, -0.2) is 18.2 Å². The van der Waals surface area contributed by atoms with Crippen LogP contribution in [0.5, 0.6) is 5.75 Å². The number of nitrogens with one attached hydrogen (secondary N) is 1. The predicted molar refractivity (Wildman–Crippen MR) is 107 cm³/mol. The number of amides is 1. The van der Waals surface area contributed by atoms with Crippen molar-refractivity contribution < 1.29 is 9.53 Å². The number of hydrogen-bond donors (Lipinski definition) is 1. The zero-order chi connectivity index (χ0) is 18.6. The molecule has 2 rings (SSSR count). The molecule has 0 spiro atoms. The first kappa shape index (κ1) is 19.4. The SMILES string of the molecule is CCCCc1ccc(OCC(=O)N/N=C(C)/C=C/c2ccccc2)cc1. The predicted octanol–water partition coefficient (Wildman–Crippen LogP) is 4.61. The van der Waals surface area contributed by atoms with Crippen LogP contribution < -0.4 is 10.2 Å². The molecule has 0 saturated heterocycles. The second kappa shape index (κ2) is 10.9. The Morgan fingerprint density at radius 3 is 2.54 bits per heavy atom. The molecule has 0 unspecified atom stereocenters. The molecule has 1 amide bonds. The lowest BCUT2D eigenvalue weighted by Crippen LogP contribution is -2.25. The molecule has 0 aliphatic rings. The first-order valence-corrected chi connectivity index (χ1v) is 8.95. The third-order valence-electron chi connectivity index (χ3n) is 3.79. The second-order valence-corrected chi connectivity index (χ2v) is 6.07. The van der Waals surface area contributed by atoms with Gasteiger partial charge in [-0.2, -0.15) is 5.10 Å². The Kier molecular flexibility index (Phi) is 8.13. The summed E-state index contributed by atoms with van der Waals surface area (Å²) in [6.45, 7) is 3.95. The monoisotopic (exact) mass is 350 g/mol. The van der Waals surface area contributed by atoms with E-state index in [2.05, 4.69) is 17.5 Å². The van der Waals surface area contributed by atoms with Crippen LogP contribution in [-0.2, 0) is 11.2 Å². The number of hydrazone groups is 1. The second-order valence-electron chi connectivity index (χ2n) is 6.07. The summed E-state index contributed by atoms with van der Waals surface area (Å²) in [5.41, 5.74) is 5.58. The van der Waals surface area contributed by atoms with Gasteiger partial charge in [-0.15, -0.1) is 0 Å². The maximum Gasteiger partial charge on any atom is 0.277 e. The Bertz CT molecular complexity index is 734. The van der Waals surface area contributed by atoms with Crippen molar-refractivity contribution in [3.63, 3.8) is 0 Å². The molecule has 1 N–H and O–H groups in total. The summed E-state index contributed by atoms with van der Waals surface area (Å²) in [6.07, 6.45) is 7.23. The number of unbranched alkanes of at least 4 members (excludes halogenated alkanes) is 1. The van der Waals surface area contributed by atoms with E-state index >= 15 is 0 Å². The van der Waals surface area contributed by atoms with E-state index in [-0.39, 0.29) is 12.5 Å². The molecule has 0 bridgehead atoms. The first-order chi connectivity index (χ1) is 12.7. The molecule has 2 aromatic carbocycles. The van der Waals surface area contributed by atoms with Crippen molar-refractivity contribution in [2.24, 2.45) is 5.10 Å². The maximum absolute atomic E-state index is 11.8. The van der Waals surface area contributed by atoms with E-state index in [1.165, 1.54) is 18.4 Å². The molecule has 4 heteroatoms. The quantitative estimate of drug-likeness (QED) is 0.530. The van der Waals surface area contributed by atoms with E-state index in [9.17, 15) is 4.79 Å². The average molecular weight is 350 g/mol. The Hall–Kier alpha value is -2.88. The van der Waals surface area contributed by atoms with E-state index in [4.69, 9.17) is 4.74 Å². The Labute approximate surface area is 155 Å². The first-order valence-electron chi connectivity index (χ1n) is 8.95. The standard InChI is InChI=1S/C22H26N2O2/c1-3-4-8-20-13-15-21(16-14-20)26-17-22(25)24-23-18(2)11-12-19-9-6-5-7-10-19/h5-7,9-16H,3-4,8,17H2,1-2H3,(H,24,25)/b12-11+,23-18+. The van der Waals surface area contributed by atoms with E-state index in [1.54, 1.807) is 0 Å². The van der Waals surface area contributed by atoms with Gasteiger partial charge in [0, 0.05) is 0 Å². The molecule has 0 heterocycles. The fourth-order valence-corrected chi connectivity index (χ4v) is 2.28. The number of ether oxygens (including phenoxy) is 1. The van der Waals surface area contributed by atoms with Crippen molar-refractivity contribution >= 4 is 17.7 Å². The van der Waals surface area contributed by atoms with Crippen LogP contribution in [0.15, 0.2) is 65.8 Å². The van der Waals surface area contributed by atoms with Gasteiger partial charge in [0.05, 0.1) is 5.71 Å². The van der Waals surface area contributed by atoms with Gasteiger partial charge >= 0.3 is 0 Å². The number of hydrogen-bond acceptors (Lipinski definition) is 3. The van der Waals surface area contributed by atoms with Crippen molar-refractivity contribution in [1.29, 1.82) is 0 Å². The van der Waals surface area contributed by atoms with Crippen molar-refractivity contribution in [2.75, 3.05) is 6.61 Å². The van der Waals surface area contributed by atoms with Gasteiger partial charge in [0.15, 0.2) is 6.61 Å². The third-order valence-corrected chi connectivity index (χ3v) is 3.79. The topological polar surface area (TPSA) is 50.7 Å². The van der Waals surface area contributed by atoms with Crippen LogP contribution in [0, 0.1) is 0 Å². The van der Waals surface area contributed by atoms with E-state index in [1.807, 2.05) is 73.7 Å². The highest BCUT2D eigenvalue weighted by Crippen LogP contribution is 2.13. The number of allylic oxidation sites excluding steroid dienone is 1. The molecule has 0 atom stereocenters. The van der Waals surface area contributed by atoms with Gasteiger partial charge in [0.1, 0.15) is 5.75 Å². The number of aryl methyl sites for hydroxylation is 1. The van der Waals surface area contributed by atoms with Crippen LogP contribution in [0.3, 0.4) is 0 Å². The Morgan fingerprint density at radius 2 is 1.85 bits per heavy atom. The molecule has 4 nitrogen and oxygen atoms in total. The molecule has 0 fully saturated rings. The molecule has 26 heavy (non-hydrogen) atoms. The van der Waals surface area contributed by atoms with Gasteiger partial charge in [-0.25, -0.2) is 5.43 Å². The van der Waals surface area contributed by atoms with Gasteiger partial charge in [0.25, 0.3) is 5.91 Å². The van der Waals surface area contributed by atoms with Gasteiger partial charge in [-0.3, -0.25) is 4.79 Å². The Morgan fingerprint density at radius 1 is 1.12 bits per heavy atom. The van der Waals surface area contributed by atoms with Crippen molar-refractivity contribution in [2.45, 2.75) is 33.1 Å². The van der Waals surface area contributed by atoms with E-state index in [0.717, 1.165) is 12.0 Å². The highest BCUT2D eigenvalue weighted by atomic mass is 16.5. The third kappa shape index (κ3) is 7.34. The van der Waals surface area contributed by atoms with Crippen molar-refractivity contribution in [1.82, 2.24) is 5.43 Å². The number of carbonyl (C=O) groups is 1. The molecule has 0 aliphatic carbocycles. The fraction of sp³-hybridized carbons (Fsp3) is 0.273. The van der Waals surface area contributed by atoms with E-state index < -0.39 is 0 Å². The summed E-state index contributed by atoms with van der Waals surface area (Å²) in [5, 5.41) is 4.05. The molecule has 136 valence electrons. The molecule has 2 aromatic rings. The van der Waals surface area contributed by atoms with E-state index in [0.29, 0.717) is 11.5 Å². The summed E-state index contributed by atoms with van der Waals surface area (Å²) in [6, 6.07) is 17.8. The zero-order valence-corrected chi connectivity index (χ0v) is 15.4. The lowest BCUT2D eigenvalue weighted by molar-refractivity contribution is -0.123. The van der Waals surface area contributed by atoms with Gasteiger partial charge in [0.2, 0.25) is 0 Å². The van der Waals surface area contributed by atoms with Gasteiger partial charge < -0.3 is 4.74 Å². The van der Waals surface area contributed by atoms with Crippen molar-refractivity contribution in [3.05, 3.63) is 71.8 Å². The smallest absolute Gasteiger partial charge is 0.277 e. The number of rotatable bonds is 9.